The Kier molecular flexibility index (Phi) is 6.80. The summed E-state index contributed by atoms with van der Waals surface area (Å²) < 4.78 is 7.05. The number of ether oxygens (including phenoxy) is 1. The van der Waals surface area contributed by atoms with Crippen molar-refractivity contribution >= 4 is 17.8 Å². The number of benzene rings is 3. The van der Waals surface area contributed by atoms with E-state index in [0.29, 0.717) is 0 Å². The molecule has 0 aliphatic heterocycles. The number of carbonyl (C=O) groups is 1. The van der Waals surface area contributed by atoms with Crippen LogP contribution in [0.15, 0.2) is 90.2 Å². The monoisotopic (exact) mass is 439 g/mol. The number of methoxy groups -OCH3 is 1. The third kappa shape index (κ3) is 5.65. The third-order valence-electron chi connectivity index (χ3n) is 5.02. The highest BCUT2D eigenvalue weighted by Crippen LogP contribution is 2.25. The quantitative estimate of drug-likeness (QED) is 0.315. The zero-order valence-electron chi connectivity index (χ0n) is 18.5. The van der Waals surface area contributed by atoms with Gasteiger partial charge in [-0.3, -0.25) is 4.79 Å². The number of anilines is 1. The molecular formula is C26H25N5O2. The number of rotatable bonds is 8. The maximum atomic E-state index is 12.2. The van der Waals surface area contributed by atoms with Crippen LogP contribution < -0.4 is 15.5 Å². The van der Waals surface area contributed by atoms with E-state index in [1.165, 1.54) is 5.56 Å². The molecule has 0 saturated carbocycles. The smallest absolute Gasteiger partial charge is 0.259 e. The van der Waals surface area contributed by atoms with E-state index in [2.05, 4.69) is 15.8 Å². The van der Waals surface area contributed by atoms with E-state index in [1.54, 1.807) is 18.0 Å². The summed E-state index contributed by atoms with van der Waals surface area (Å²) in [4.78, 5) is 12.2. The number of hydrogen-bond donors (Lipinski definition) is 2. The van der Waals surface area contributed by atoms with Gasteiger partial charge in [-0.2, -0.15) is 10.2 Å². The summed E-state index contributed by atoms with van der Waals surface area (Å²) in [6.07, 6.45) is 3.49. The average Bonchev–Trinajstić information content (AvgIpc) is 3.28. The highest BCUT2D eigenvalue weighted by molar-refractivity contribution is 5.90. The minimum Gasteiger partial charge on any atom is -0.497 e. The minimum absolute atomic E-state index is 0.120. The van der Waals surface area contributed by atoms with Gasteiger partial charge in [0.15, 0.2) is 0 Å². The topological polar surface area (TPSA) is 80.5 Å². The first-order valence-corrected chi connectivity index (χ1v) is 10.5. The van der Waals surface area contributed by atoms with Crippen molar-refractivity contribution in [2.24, 2.45) is 5.10 Å². The SMILES string of the molecule is COc1ccc(-c2nn(-c3ccccc3)cc2/C=N/NC(=O)CNc2ccc(C)cc2)cc1. The summed E-state index contributed by atoms with van der Waals surface area (Å²) in [7, 11) is 1.63. The number of amides is 1. The number of carbonyl (C=O) groups excluding carboxylic acids is 1. The maximum Gasteiger partial charge on any atom is 0.259 e. The Morgan fingerprint density at radius 2 is 1.76 bits per heavy atom. The van der Waals surface area contributed by atoms with Crippen LogP contribution in [-0.2, 0) is 4.79 Å². The van der Waals surface area contributed by atoms with E-state index in [-0.39, 0.29) is 12.5 Å². The van der Waals surface area contributed by atoms with Crippen LogP contribution >= 0.6 is 0 Å². The zero-order valence-corrected chi connectivity index (χ0v) is 18.5. The Hall–Kier alpha value is -4.39. The molecule has 1 aromatic heterocycles. The summed E-state index contributed by atoms with van der Waals surface area (Å²) in [5, 5.41) is 12.0. The second kappa shape index (κ2) is 10.3. The van der Waals surface area contributed by atoms with Crippen LogP contribution in [0.3, 0.4) is 0 Å². The first-order valence-electron chi connectivity index (χ1n) is 10.5. The van der Waals surface area contributed by atoms with Gasteiger partial charge >= 0.3 is 0 Å². The van der Waals surface area contributed by atoms with Gasteiger partial charge in [-0.05, 0) is 55.5 Å². The molecule has 7 nitrogen and oxygen atoms in total. The van der Waals surface area contributed by atoms with Crippen molar-refractivity contribution in [3.63, 3.8) is 0 Å². The van der Waals surface area contributed by atoms with Crippen LogP contribution in [-0.4, -0.2) is 35.6 Å². The predicted molar refractivity (Wildman–Crippen MR) is 131 cm³/mol. The van der Waals surface area contributed by atoms with Gasteiger partial charge in [0.25, 0.3) is 5.91 Å². The first kappa shape index (κ1) is 21.8. The maximum absolute atomic E-state index is 12.2. The number of hydrogen-bond acceptors (Lipinski definition) is 5. The van der Waals surface area contributed by atoms with Crippen LogP contribution in [0, 0.1) is 6.92 Å². The normalized spacial score (nSPS) is 10.8. The van der Waals surface area contributed by atoms with Crippen molar-refractivity contribution < 1.29 is 9.53 Å². The second-order valence-electron chi connectivity index (χ2n) is 7.45. The van der Waals surface area contributed by atoms with Crippen LogP contribution in [0.25, 0.3) is 16.9 Å². The average molecular weight is 440 g/mol. The molecule has 0 spiro atoms. The van der Waals surface area contributed by atoms with Gasteiger partial charge in [-0.15, -0.1) is 0 Å². The summed E-state index contributed by atoms with van der Waals surface area (Å²) in [5.74, 6) is 0.526. The Labute approximate surface area is 192 Å². The number of aromatic nitrogens is 2. The summed E-state index contributed by atoms with van der Waals surface area (Å²) in [5.41, 5.74) is 7.98. The predicted octanol–water partition coefficient (Wildman–Crippen LogP) is 4.42. The van der Waals surface area contributed by atoms with Crippen molar-refractivity contribution in [2.75, 3.05) is 19.0 Å². The summed E-state index contributed by atoms with van der Waals surface area (Å²) in [6.45, 7) is 2.14. The van der Waals surface area contributed by atoms with Gasteiger partial charge in [-0.25, -0.2) is 10.1 Å². The molecule has 0 fully saturated rings. The molecule has 33 heavy (non-hydrogen) atoms. The molecule has 0 radical (unpaired) electrons. The lowest BCUT2D eigenvalue weighted by Gasteiger charge is -2.05. The second-order valence-corrected chi connectivity index (χ2v) is 7.45. The molecule has 0 bridgehead atoms. The molecule has 166 valence electrons. The van der Waals surface area contributed by atoms with Gasteiger partial charge in [0.05, 0.1) is 25.6 Å². The van der Waals surface area contributed by atoms with Gasteiger partial charge in [-0.1, -0.05) is 35.9 Å². The molecule has 3 aromatic carbocycles. The van der Waals surface area contributed by atoms with Gasteiger partial charge in [0, 0.05) is 23.0 Å². The summed E-state index contributed by atoms with van der Waals surface area (Å²) in [6, 6.07) is 25.3. The molecule has 2 N–H and O–H groups in total. The highest BCUT2D eigenvalue weighted by atomic mass is 16.5. The zero-order chi connectivity index (χ0) is 23.0. The molecule has 1 amide bonds. The number of hydrazone groups is 1. The Morgan fingerprint density at radius 3 is 2.45 bits per heavy atom. The highest BCUT2D eigenvalue weighted by Gasteiger charge is 2.11. The van der Waals surface area contributed by atoms with Crippen molar-refractivity contribution in [3.8, 4) is 22.7 Å². The first-order chi connectivity index (χ1) is 16.1. The number of para-hydroxylation sites is 1. The van der Waals surface area contributed by atoms with Crippen LogP contribution in [0.2, 0.25) is 0 Å². The molecule has 1 heterocycles. The third-order valence-corrected chi connectivity index (χ3v) is 5.02. The Balaban J connectivity index is 1.50. The van der Waals surface area contributed by atoms with Gasteiger partial charge in [0.2, 0.25) is 0 Å². The fourth-order valence-corrected chi connectivity index (χ4v) is 3.24. The van der Waals surface area contributed by atoms with Crippen molar-refractivity contribution in [1.82, 2.24) is 15.2 Å². The van der Waals surface area contributed by atoms with Gasteiger partial charge in [0.1, 0.15) is 11.4 Å². The van der Waals surface area contributed by atoms with E-state index in [0.717, 1.165) is 33.9 Å². The van der Waals surface area contributed by atoms with E-state index < -0.39 is 0 Å². The van der Waals surface area contributed by atoms with Gasteiger partial charge < -0.3 is 10.1 Å². The standard InChI is InChI=1S/C26H25N5O2/c1-19-8-12-22(13-9-19)27-17-25(32)29-28-16-21-18-31(23-6-4-3-5-7-23)30-26(21)20-10-14-24(33-2)15-11-20/h3-16,18,27H,17H2,1-2H3,(H,29,32)/b28-16+. The lowest BCUT2D eigenvalue weighted by Crippen LogP contribution is -2.25. The number of aryl methyl sites for hydroxylation is 1. The molecule has 0 aliphatic carbocycles. The molecular weight excluding hydrogens is 414 g/mol. The van der Waals surface area contributed by atoms with Crippen molar-refractivity contribution in [3.05, 3.63) is 96.2 Å². The van der Waals surface area contributed by atoms with E-state index in [9.17, 15) is 4.79 Å². The van der Waals surface area contributed by atoms with Crippen molar-refractivity contribution in [2.45, 2.75) is 6.92 Å². The lowest BCUT2D eigenvalue weighted by atomic mass is 10.1. The fourth-order valence-electron chi connectivity index (χ4n) is 3.24. The lowest BCUT2D eigenvalue weighted by molar-refractivity contribution is -0.119. The number of nitrogens with zero attached hydrogens (tertiary/aromatic N) is 3. The molecule has 0 aliphatic rings. The molecule has 4 aromatic rings. The Bertz CT molecular complexity index is 1230. The van der Waals surface area contributed by atoms with E-state index in [1.807, 2.05) is 92.0 Å². The fraction of sp³-hybridized carbons (Fsp3) is 0.115. The van der Waals surface area contributed by atoms with Crippen LogP contribution in [0.5, 0.6) is 5.75 Å². The molecule has 0 unspecified atom stereocenters. The van der Waals surface area contributed by atoms with Crippen molar-refractivity contribution in [1.29, 1.82) is 0 Å². The van der Waals surface area contributed by atoms with Crippen LogP contribution in [0.1, 0.15) is 11.1 Å². The molecule has 4 rings (SSSR count). The van der Waals surface area contributed by atoms with E-state index >= 15 is 0 Å². The Morgan fingerprint density at radius 1 is 1.03 bits per heavy atom. The minimum atomic E-state index is -0.242. The van der Waals surface area contributed by atoms with Crippen LogP contribution in [0.4, 0.5) is 5.69 Å². The molecule has 0 atom stereocenters. The molecule has 7 heteroatoms. The molecule has 0 saturated heterocycles. The largest absolute Gasteiger partial charge is 0.497 e. The van der Waals surface area contributed by atoms with E-state index in [4.69, 9.17) is 9.84 Å². The number of nitrogens with one attached hydrogen (secondary N) is 2. The summed E-state index contributed by atoms with van der Waals surface area (Å²) >= 11 is 0.